The summed E-state index contributed by atoms with van der Waals surface area (Å²) >= 11 is 12.2. The maximum absolute atomic E-state index is 12.8. The van der Waals surface area contributed by atoms with Crippen LogP contribution in [0.3, 0.4) is 0 Å². The molecule has 2 saturated heterocycles. The van der Waals surface area contributed by atoms with Crippen LogP contribution < -0.4 is 4.74 Å². The third-order valence-corrected chi connectivity index (χ3v) is 6.41. The van der Waals surface area contributed by atoms with E-state index >= 15 is 0 Å². The van der Waals surface area contributed by atoms with Crippen LogP contribution >= 0.6 is 23.2 Å². The summed E-state index contributed by atoms with van der Waals surface area (Å²) in [5.74, 6) is 0.890. The second-order valence-corrected chi connectivity index (χ2v) is 8.53. The highest BCUT2D eigenvalue weighted by Crippen LogP contribution is 2.26. The van der Waals surface area contributed by atoms with Crippen molar-refractivity contribution >= 4 is 29.1 Å². The summed E-state index contributed by atoms with van der Waals surface area (Å²) in [6.07, 6.45) is 7.83. The average molecular weight is 434 g/mol. The number of hydrogen-bond acceptors (Lipinski definition) is 4. The molecule has 0 spiro atoms. The van der Waals surface area contributed by atoms with Crippen LogP contribution in [-0.4, -0.2) is 59.0 Å². The van der Waals surface area contributed by atoms with Crippen molar-refractivity contribution < 1.29 is 9.53 Å². The van der Waals surface area contributed by atoms with E-state index in [-0.39, 0.29) is 12.0 Å². The van der Waals surface area contributed by atoms with Gasteiger partial charge in [0.1, 0.15) is 11.9 Å². The fraction of sp³-hybridized carbons (Fsp3) is 0.455. The van der Waals surface area contributed by atoms with E-state index in [0.717, 1.165) is 57.6 Å². The first kappa shape index (κ1) is 20.5. The van der Waals surface area contributed by atoms with Gasteiger partial charge in [0.2, 0.25) is 0 Å². The molecule has 1 amide bonds. The predicted octanol–water partition coefficient (Wildman–Crippen LogP) is 4.54. The van der Waals surface area contributed by atoms with Crippen molar-refractivity contribution in [2.45, 2.75) is 37.8 Å². The highest BCUT2D eigenvalue weighted by molar-refractivity contribution is 6.36. The molecule has 5 nitrogen and oxygen atoms in total. The van der Waals surface area contributed by atoms with Gasteiger partial charge in [-0.15, -0.1) is 0 Å². The fourth-order valence-corrected chi connectivity index (χ4v) is 4.72. The number of piperidine rings is 2. The van der Waals surface area contributed by atoms with Gasteiger partial charge in [-0.3, -0.25) is 14.7 Å². The Kier molecular flexibility index (Phi) is 6.58. The smallest absolute Gasteiger partial charge is 0.255 e. The molecular weight excluding hydrogens is 409 g/mol. The highest BCUT2D eigenvalue weighted by Gasteiger charge is 2.31. The van der Waals surface area contributed by atoms with E-state index in [2.05, 4.69) is 9.88 Å². The molecule has 7 heteroatoms. The van der Waals surface area contributed by atoms with E-state index in [1.54, 1.807) is 30.6 Å². The lowest BCUT2D eigenvalue weighted by atomic mass is 9.98. The molecule has 2 fully saturated rings. The number of ether oxygens (including phenoxy) is 1. The van der Waals surface area contributed by atoms with Crippen LogP contribution in [0.15, 0.2) is 42.7 Å². The van der Waals surface area contributed by atoms with Crippen LogP contribution in [-0.2, 0) is 0 Å². The summed E-state index contributed by atoms with van der Waals surface area (Å²) < 4.78 is 6.07. The molecule has 3 heterocycles. The topological polar surface area (TPSA) is 45.7 Å². The number of benzene rings is 1. The number of halogens is 2. The molecule has 1 aromatic carbocycles. The lowest BCUT2D eigenvalue weighted by molar-refractivity contribution is 0.0425. The van der Waals surface area contributed by atoms with Gasteiger partial charge in [0, 0.05) is 49.6 Å². The largest absolute Gasteiger partial charge is 0.490 e. The highest BCUT2D eigenvalue weighted by atomic mass is 35.5. The van der Waals surface area contributed by atoms with Gasteiger partial charge >= 0.3 is 0 Å². The van der Waals surface area contributed by atoms with Crippen molar-refractivity contribution in [3.05, 3.63) is 58.3 Å². The minimum absolute atomic E-state index is 0.00502. The van der Waals surface area contributed by atoms with Crippen LogP contribution in [0.25, 0.3) is 0 Å². The Morgan fingerprint density at radius 3 is 2.31 bits per heavy atom. The predicted molar refractivity (Wildman–Crippen MR) is 115 cm³/mol. The lowest BCUT2D eigenvalue weighted by Crippen LogP contribution is -2.50. The fourth-order valence-electron chi connectivity index (χ4n) is 4.24. The number of carbonyl (C=O) groups is 1. The minimum Gasteiger partial charge on any atom is -0.490 e. The van der Waals surface area contributed by atoms with E-state index < -0.39 is 0 Å². The Hall–Kier alpha value is -1.82. The van der Waals surface area contributed by atoms with Crippen molar-refractivity contribution in [2.24, 2.45) is 0 Å². The zero-order chi connectivity index (χ0) is 20.2. The Labute approximate surface area is 181 Å². The van der Waals surface area contributed by atoms with Gasteiger partial charge in [-0.2, -0.15) is 0 Å². The van der Waals surface area contributed by atoms with E-state index in [1.807, 2.05) is 17.0 Å². The summed E-state index contributed by atoms with van der Waals surface area (Å²) in [6.45, 7) is 3.60. The number of carbonyl (C=O) groups excluding carboxylic acids is 1. The Bertz CT molecular complexity index is 833. The molecular formula is C22H25Cl2N3O2. The molecule has 2 aliphatic rings. The molecule has 2 aliphatic heterocycles. The van der Waals surface area contributed by atoms with E-state index in [9.17, 15) is 4.79 Å². The van der Waals surface area contributed by atoms with Gasteiger partial charge in [0.25, 0.3) is 5.91 Å². The summed E-state index contributed by atoms with van der Waals surface area (Å²) in [6, 6.07) is 9.40. The third kappa shape index (κ3) is 5.03. The molecule has 154 valence electrons. The second-order valence-electron chi connectivity index (χ2n) is 7.68. The zero-order valence-corrected chi connectivity index (χ0v) is 17.8. The third-order valence-electron chi connectivity index (χ3n) is 5.86. The number of rotatable bonds is 4. The SMILES string of the molecule is O=C(c1ccc(Cl)cc1Cl)N1CCC(N2CCC(Oc3ccncc3)CC2)CC1. The van der Waals surface area contributed by atoms with Crippen molar-refractivity contribution in [1.29, 1.82) is 0 Å². The Morgan fingerprint density at radius 2 is 1.66 bits per heavy atom. The summed E-state index contributed by atoms with van der Waals surface area (Å²) in [4.78, 5) is 21.3. The molecule has 2 aromatic rings. The standard InChI is InChI=1S/C22H25Cl2N3O2/c23-16-1-2-20(21(24)15-16)22(28)27-11-5-17(6-12-27)26-13-7-19(8-14-26)29-18-3-9-25-10-4-18/h1-4,9-10,15,17,19H,5-8,11-14H2. The molecule has 4 rings (SSSR count). The van der Waals surface area contributed by atoms with Crippen LogP contribution in [0, 0.1) is 0 Å². The van der Waals surface area contributed by atoms with Crippen molar-refractivity contribution in [3.8, 4) is 5.75 Å². The summed E-state index contributed by atoms with van der Waals surface area (Å²) in [5, 5.41) is 0.961. The molecule has 0 saturated carbocycles. The number of pyridine rings is 1. The zero-order valence-electron chi connectivity index (χ0n) is 16.3. The first-order valence-corrected chi connectivity index (χ1v) is 10.9. The van der Waals surface area contributed by atoms with Crippen LogP contribution in [0.4, 0.5) is 0 Å². The van der Waals surface area contributed by atoms with Gasteiger partial charge in [0.15, 0.2) is 0 Å². The van der Waals surface area contributed by atoms with Crippen molar-refractivity contribution in [3.63, 3.8) is 0 Å². The van der Waals surface area contributed by atoms with Crippen molar-refractivity contribution in [2.75, 3.05) is 26.2 Å². The molecule has 0 aliphatic carbocycles. The summed E-state index contributed by atoms with van der Waals surface area (Å²) in [5.41, 5.74) is 0.531. The maximum atomic E-state index is 12.8. The molecule has 0 bridgehead atoms. The van der Waals surface area contributed by atoms with Crippen LogP contribution in [0.5, 0.6) is 5.75 Å². The normalized spacial score (nSPS) is 19.3. The number of amides is 1. The van der Waals surface area contributed by atoms with E-state index in [4.69, 9.17) is 27.9 Å². The Morgan fingerprint density at radius 1 is 0.966 bits per heavy atom. The average Bonchev–Trinajstić information content (AvgIpc) is 2.75. The molecule has 29 heavy (non-hydrogen) atoms. The first-order valence-electron chi connectivity index (χ1n) is 10.2. The van der Waals surface area contributed by atoms with Gasteiger partial charge in [-0.1, -0.05) is 23.2 Å². The number of nitrogens with zero attached hydrogens (tertiary/aromatic N) is 3. The van der Waals surface area contributed by atoms with Gasteiger partial charge in [-0.25, -0.2) is 0 Å². The first-order chi connectivity index (χ1) is 14.1. The second kappa shape index (κ2) is 9.33. The minimum atomic E-state index is -0.00502. The Balaban J connectivity index is 1.25. The number of likely N-dealkylation sites (tertiary alicyclic amines) is 2. The quantitative estimate of drug-likeness (QED) is 0.709. The molecule has 0 unspecified atom stereocenters. The van der Waals surface area contributed by atoms with E-state index in [0.29, 0.717) is 21.7 Å². The van der Waals surface area contributed by atoms with Gasteiger partial charge in [0.05, 0.1) is 10.6 Å². The molecule has 1 aromatic heterocycles. The van der Waals surface area contributed by atoms with Gasteiger partial charge in [-0.05, 0) is 56.0 Å². The van der Waals surface area contributed by atoms with E-state index in [1.165, 1.54) is 0 Å². The molecule has 0 radical (unpaired) electrons. The monoisotopic (exact) mass is 433 g/mol. The number of aromatic nitrogens is 1. The van der Waals surface area contributed by atoms with Crippen molar-refractivity contribution in [1.82, 2.24) is 14.8 Å². The van der Waals surface area contributed by atoms with Crippen LogP contribution in [0.2, 0.25) is 10.0 Å². The van der Waals surface area contributed by atoms with Crippen LogP contribution in [0.1, 0.15) is 36.0 Å². The maximum Gasteiger partial charge on any atom is 0.255 e. The summed E-state index contributed by atoms with van der Waals surface area (Å²) in [7, 11) is 0. The van der Waals surface area contributed by atoms with Gasteiger partial charge < -0.3 is 9.64 Å². The molecule has 0 atom stereocenters. The molecule has 0 N–H and O–H groups in total. The number of hydrogen-bond donors (Lipinski definition) is 0. The lowest BCUT2D eigenvalue weighted by Gasteiger charge is -2.41.